The van der Waals surface area contributed by atoms with Crippen molar-refractivity contribution >= 4 is 8.56 Å². The molecule has 3 heteroatoms. The Morgan fingerprint density at radius 3 is 1.48 bits per heavy atom. The summed E-state index contributed by atoms with van der Waals surface area (Å²) in [5.41, 5.74) is 1.35. The fourth-order valence-corrected chi connectivity index (χ4v) is 6.64. The van der Waals surface area contributed by atoms with E-state index in [0.29, 0.717) is 0 Å². The van der Waals surface area contributed by atoms with Crippen LogP contribution >= 0.6 is 0 Å². The normalized spacial score (nSPS) is 11.8. The Kier molecular flexibility index (Phi) is 18.3. The maximum Gasteiger partial charge on any atom is 0.337 e. The van der Waals surface area contributed by atoms with Crippen molar-refractivity contribution in [2.24, 2.45) is 0 Å². The topological polar surface area (TPSA) is 18.5 Å². The molecule has 1 rings (SSSR count). The van der Waals surface area contributed by atoms with Gasteiger partial charge >= 0.3 is 8.56 Å². The van der Waals surface area contributed by atoms with E-state index in [2.05, 4.69) is 51.1 Å². The van der Waals surface area contributed by atoms with E-state index in [9.17, 15) is 0 Å². The van der Waals surface area contributed by atoms with Crippen LogP contribution in [0, 0.1) is 0 Å². The molecule has 0 aliphatic rings. The molecule has 0 spiro atoms. The largest absolute Gasteiger partial charge is 0.394 e. The Morgan fingerprint density at radius 1 is 0.548 bits per heavy atom. The standard InChI is InChI=1S/C28H52O2Si/c1-4-7-8-9-10-11-12-13-14-15-16-17-18-22-26-29-31(5-2,6-3)30-27-25-28-23-20-19-21-24-28/h19-21,23-24H,4-18,22,25-27H2,1-3H3. The molecule has 0 saturated heterocycles. The van der Waals surface area contributed by atoms with Crippen LogP contribution in [-0.2, 0) is 15.3 Å². The molecule has 0 unspecified atom stereocenters. The average Bonchev–Trinajstić information content (AvgIpc) is 2.81. The molecule has 180 valence electrons. The summed E-state index contributed by atoms with van der Waals surface area (Å²) >= 11 is 0. The Hall–Kier alpha value is -0.643. The Morgan fingerprint density at radius 2 is 1.00 bits per heavy atom. The van der Waals surface area contributed by atoms with Crippen LogP contribution in [0.25, 0.3) is 0 Å². The maximum atomic E-state index is 6.39. The van der Waals surface area contributed by atoms with E-state index in [1.54, 1.807) is 0 Å². The lowest BCUT2D eigenvalue weighted by atomic mass is 10.0. The number of hydrogen-bond acceptors (Lipinski definition) is 2. The van der Waals surface area contributed by atoms with Gasteiger partial charge in [0.2, 0.25) is 0 Å². The highest BCUT2D eigenvalue weighted by atomic mass is 28.4. The first kappa shape index (κ1) is 28.4. The van der Waals surface area contributed by atoms with Crippen molar-refractivity contribution in [3.63, 3.8) is 0 Å². The fourth-order valence-electron chi connectivity index (χ4n) is 4.25. The second-order valence-corrected chi connectivity index (χ2v) is 13.0. The van der Waals surface area contributed by atoms with Gasteiger partial charge in [-0.05, 0) is 30.5 Å². The van der Waals surface area contributed by atoms with E-state index in [1.807, 2.05) is 0 Å². The first-order valence-electron chi connectivity index (χ1n) is 13.6. The van der Waals surface area contributed by atoms with Crippen molar-refractivity contribution in [1.82, 2.24) is 0 Å². The number of rotatable bonds is 22. The van der Waals surface area contributed by atoms with Crippen molar-refractivity contribution in [1.29, 1.82) is 0 Å². The quantitative estimate of drug-likeness (QED) is 0.130. The third-order valence-electron chi connectivity index (χ3n) is 6.54. The van der Waals surface area contributed by atoms with Gasteiger partial charge in [0.25, 0.3) is 0 Å². The SMILES string of the molecule is CCCCCCCCCCCCCCCCO[Si](CC)(CC)OCCc1ccccc1. The molecule has 31 heavy (non-hydrogen) atoms. The molecule has 0 saturated carbocycles. The van der Waals surface area contributed by atoms with E-state index >= 15 is 0 Å². The first-order valence-corrected chi connectivity index (χ1v) is 15.8. The molecule has 0 heterocycles. The molecule has 0 aromatic heterocycles. The molecule has 0 fully saturated rings. The zero-order valence-corrected chi connectivity index (χ0v) is 22.1. The van der Waals surface area contributed by atoms with Crippen LogP contribution in [0.15, 0.2) is 30.3 Å². The lowest BCUT2D eigenvalue weighted by molar-refractivity contribution is 0.167. The van der Waals surface area contributed by atoms with Crippen LogP contribution < -0.4 is 0 Å². The number of benzene rings is 1. The minimum atomic E-state index is -2.00. The van der Waals surface area contributed by atoms with Crippen LogP contribution in [-0.4, -0.2) is 21.8 Å². The summed E-state index contributed by atoms with van der Waals surface area (Å²) in [6.45, 7) is 8.45. The van der Waals surface area contributed by atoms with Crippen molar-refractivity contribution in [3.05, 3.63) is 35.9 Å². The van der Waals surface area contributed by atoms with Crippen molar-refractivity contribution < 1.29 is 8.85 Å². The van der Waals surface area contributed by atoms with E-state index in [1.165, 1.54) is 95.5 Å². The van der Waals surface area contributed by atoms with E-state index in [0.717, 1.165) is 31.7 Å². The molecular formula is C28H52O2Si. The van der Waals surface area contributed by atoms with Crippen LogP contribution in [0.5, 0.6) is 0 Å². The van der Waals surface area contributed by atoms with Gasteiger partial charge in [-0.1, -0.05) is 135 Å². The summed E-state index contributed by atoms with van der Waals surface area (Å²) < 4.78 is 12.8. The van der Waals surface area contributed by atoms with E-state index in [4.69, 9.17) is 8.85 Å². The molecule has 0 bridgehead atoms. The van der Waals surface area contributed by atoms with Crippen molar-refractivity contribution in [3.8, 4) is 0 Å². The number of unbranched alkanes of at least 4 members (excludes halogenated alkanes) is 13. The summed E-state index contributed by atoms with van der Waals surface area (Å²) in [7, 11) is -2.00. The predicted octanol–water partition coefficient (Wildman–Crippen LogP) is 9.23. The summed E-state index contributed by atoms with van der Waals surface area (Å²) in [5.74, 6) is 0. The summed E-state index contributed by atoms with van der Waals surface area (Å²) in [4.78, 5) is 0. The first-order chi connectivity index (χ1) is 15.3. The minimum absolute atomic E-state index is 0.788. The van der Waals surface area contributed by atoms with Crippen molar-refractivity contribution in [2.45, 2.75) is 129 Å². The molecule has 0 atom stereocenters. The van der Waals surface area contributed by atoms with Gasteiger partial charge in [-0.2, -0.15) is 0 Å². The predicted molar refractivity (Wildman–Crippen MR) is 139 cm³/mol. The molecule has 0 radical (unpaired) electrons. The molecular weight excluding hydrogens is 396 g/mol. The third-order valence-corrected chi connectivity index (χ3v) is 10.2. The Balaban J connectivity index is 1.97. The lowest BCUT2D eigenvalue weighted by Crippen LogP contribution is -2.41. The van der Waals surface area contributed by atoms with E-state index in [-0.39, 0.29) is 0 Å². The summed E-state index contributed by atoms with van der Waals surface area (Å²) in [6.07, 6.45) is 20.6. The van der Waals surface area contributed by atoms with Gasteiger partial charge in [-0.3, -0.25) is 0 Å². The molecule has 2 nitrogen and oxygen atoms in total. The average molecular weight is 449 g/mol. The van der Waals surface area contributed by atoms with Gasteiger partial charge in [-0.25, -0.2) is 0 Å². The Labute approximate surface area is 195 Å². The van der Waals surface area contributed by atoms with Gasteiger partial charge in [0.15, 0.2) is 0 Å². The molecule has 0 aliphatic heterocycles. The van der Waals surface area contributed by atoms with Gasteiger partial charge < -0.3 is 8.85 Å². The molecule has 0 amide bonds. The highest BCUT2D eigenvalue weighted by Crippen LogP contribution is 2.20. The van der Waals surface area contributed by atoms with Crippen LogP contribution in [0.3, 0.4) is 0 Å². The smallest absolute Gasteiger partial charge is 0.337 e. The summed E-state index contributed by atoms with van der Waals surface area (Å²) in [6, 6.07) is 12.7. The zero-order chi connectivity index (χ0) is 22.5. The fraction of sp³-hybridized carbons (Fsp3) is 0.786. The van der Waals surface area contributed by atoms with Gasteiger partial charge in [0.1, 0.15) is 0 Å². The summed E-state index contributed by atoms with van der Waals surface area (Å²) in [5, 5.41) is 0. The molecule has 1 aromatic rings. The molecule has 0 N–H and O–H groups in total. The van der Waals surface area contributed by atoms with Crippen LogP contribution in [0.1, 0.15) is 116 Å². The van der Waals surface area contributed by atoms with Gasteiger partial charge in [0, 0.05) is 13.2 Å². The zero-order valence-electron chi connectivity index (χ0n) is 21.1. The number of hydrogen-bond donors (Lipinski definition) is 0. The highest BCUT2D eigenvalue weighted by Gasteiger charge is 2.33. The van der Waals surface area contributed by atoms with Gasteiger partial charge in [0.05, 0.1) is 0 Å². The Bertz CT molecular complexity index is 487. The lowest BCUT2D eigenvalue weighted by Gasteiger charge is -2.29. The third kappa shape index (κ3) is 14.9. The second kappa shape index (κ2) is 20.0. The molecule has 0 aliphatic carbocycles. The van der Waals surface area contributed by atoms with Crippen LogP contribution in [0.2, 0.25) is 12.1 Å². The van der Waals surface area contributed by atoms with Crippen molar-refractivity contribution in [2.75, 3.05) is 13.2 Å². The van der Waals surface area contributed by atoms with Crippen LogP contribution in [0.4, 0.5) is 0 Å². The minimum Gasteiger partial charge on any atom is -0.394 e. The van der Waals surface area contributed by atoms with Gasteiger partial charge in [-0.15, -0.1) is 0 Å². The maximum absolute atomic E-state index is 6.39. The second-order valence-electron chi connectivity index (χ2n) is 9.15. The highest BCUT2D eigenvalue weighted by molar-refractivity contribution is 6.67. The van der Waals surface area contributed by atoms with E-state index < -0.39 is 8.56 Å². The monoisotopic (exact) mass is 448 g/mol. The molecule has 1 aromatic carbocycles.